The maximum absolute atomic E-state index is 12.6. The summed E-state index contributed by atoms with van der Waals surface area (Å²) >= 11 is 1.69. The number of aromatic amines is 2. The monoisotopic (exact) mass is 526 g/mol. The van der Waals surface area contributed by atoms with Crippen LogP contribution in [0.1, 0.15) is 5.56 Å². The van der Waals surface area contributed by atoms with Crippen molar-refractivity contribution in [3.05, 3.63) is 108 Å². The van der Waals surface area contributed by atoms with E-state index in [0.29, 0.717) is 12.1 Å². The van der Waals surface area contributed by atoms with Crippen LogP contribution in [0.15, 0.2) is 102 Å². The Hall–Kier alpha value is -5.08. The molecule has 1 amide bonds. The van der Waals surface area contributed by atoms with Gasteiger partial charge in [-0.3, -0.25) is 14.9 Å². The van der Waals surface area contributed by atoms with E-state index in [1.807, 2.05) is 48.5 Å². The Kier molecular flexibility index (Phi) is 5.71. The van der Waals surface area contributed by atoms with Gasteiger partial charge in [-0.1, -0.05) is 42.5 Å². The topological polar surface area (TPSA) is 99.4 Å². The molecule has 5 heterocycles. The van der Waals surface area contributed by atoms with Crippen LogP contribution < -0.4 is 5.32 Å². The molecule has 7 nitrogen and oxygen atoms in total. The molecule has 3 N–H and O–H groups in total. The van der Waals surface area contributed by atoms with Crippen LogP contribution in [0.5, 0.6) is 0 Å². The van der Waals surface area contributed by atoms with Crippen molar-refractivity contribution in [2.75, 3.05) is 5.32 Å². The number of hydrogen-bond acceptors (Lipinski definition) is 5. The Morgan fingerprint density at radius 1 is 0.897 bits per heavy atom. The lowest BCUT2D eigenvalue weighted by molar-refractivity contribution is -0.115. The molecule has 0 aliphatic carbocycles. The molecule has 0 unspecified atom stereocenters. The zero-order valence-corrected chi connectivity index (χ0v) is 21.5. The normalized spacial score (nSPS) is 11.3. The van der Waals surface area contributed by atoms with Crippen molar-refractivity contribution < 1.29 is 4.79 Å². The summed E-state index contributed by atoms with van der Waals surface area (Å²) < 4.78 is 0. The van der Waals surface area contributed by atoms with Crippen molar-refractivity contribution in [1.29, 1.82) is 0 Å². The van der Waals surface area contributed by atoms with Crippen molar-refractivity contribution in [2.45, 2.75) is 6.42 Å². The minimum Gasteiger partial charge on any atom is -0.353 e. The van der Waals surface area contributed by atoms with Gasteiger partial charge in [-0.2, -0.15) is 16.4 Å². The van der Waals surface area contributed by atoms with Crippen LogP contribution in [0.3, 0.4) is 0 Å². The van der Waals surface area contributed by atoms with Gasteiger partial charge in [0.1, 0.15) is 11.2 Å². The van der Waals surface area contributed by atoms with Gasteiger partial charge in [0.2, 0.25) is 5.91 Å². The molecule has 7 rings (SSSR count). The van der Waals surface area contributed by atoms with E-state index in [9.17, 15) is 4.79 Å². The lowest BCUT2D eigenvalue weighted by atomic mass is 10.0. The van der Waals surface area contributed by atoms with Gasteiger partial charge >= 0.3 is 0 Å². The van der Waals surface area contributed by atoms with E-state index in [1.54, 1.807) is 23.7 Å². The Balaban J connectivity index is 1.21. The number of nitrogens with one attached hydrogen (secondary N) is 3. The van der Waals surface area contributed by atoms with Gasteiger partial charge in [0, 0.05) is 22.7 Å². The molecule has 39 heavy (non-hydrogen) atoms. The molecule has 8 heteroatoms. The fourth-order valence-electron chi connectivity index (χ4n) is 4.83. The first-order chi connectivity index (χ1) is 19.2. The van der Waals surface area contributed by atoms with E-state index < -0.39 is 0 Å². The van der Waals surface area contributed by atoms with E-state index >= 15 is 0 Å². The van der Waals surface area contributed by atoms with Crippen LogP contribution in [0.2, 0.25) is 0 Å². The highest BCUT2D eigenvalue weighted by atomic mass is 32.1. The zero-order chi connectivity index (χ0) is 26.2. The molecule has 0 fully saturated rings. The van der Waals surface area contributed by atoms with Crippen LogP contribution in [0, 0.1) is 0 Å². The number of benzene rings is 2. The molecule has 7 aromatic rings. The van der Waals surface area contributed by atoms with Crippen LogP contribution >= 0.6 is 11.3 Å². The summed E-state index contributed by atoms with van der Waals surface area (Å²) in [6, 6.07) is 26.0. The van der Waals surface area contributed by atoms with Gasteiger partial charge in [0.05, 0.1) is 35.2 Å². The van der Waals surface area contributed by atoms with Crippen molar-refractivity contribution in [1.82, 2.24) is 25.1 Å². The molecule has 0 saturated carbocycles. The lowest BCUT2D eigenvalue weighted by Gasteiger charge is -2.07. The summed E-state index contributed by atoms with van der Waals surface area (Å²) in [6.45, 7) is 0. The van der Waals surface area contributed by atoms with E-state index in [1.165, 1.54) is 11.1 Å². The number of aromatic nitrogens is 5. The van der Waals surface area contributed by atoms with Gasteiger partial charge in [-0.15, -0.1) is 0 Å². The number of H-pyrrole nitrogens is 2. The highest BCUT2D eigenvalue weighted by Gasteiger charge is 2.16. The van der Waals surface area contributed by atoms with Gasteiger partial charge in [-0.05, 0) is 63.8 Å². The van der Waals surface area contributed by atoms with Gasteiger partial charge in [0.25, 0.3) is 0 Å². The van der Waals surface area contributed by atoms with Crippen LogP contribution in [-0.4, -0.2) is 31.1 Å². The average molecular weight is 527 g/mol. The molecular weight excluding hydrogens is 504 g/mol. The molecule has 188 valence electrons. The number of rotatable bonds is 6. The Morgan fingerprint density at radius 3 is 2.69 bits per heavy atom. The van der Waals surface area contributed by atoms with Crippen molar-refractivity contribution >= 4 is 44.9 Å². The molecule has 5 aromatic heterocycles. The standard InChI is InChI=1S/C31H22N6OS/c38-29(13-19-5-2-1-3-6-19)33-22-14-21(16-32-17-22)25-9-10-27-30(35-25)31(37-36-27)28-15-24-23(20-11-12-39-18-20)7-4-8-26(24)34-28/h1-12,14-18,34H,13H2,(H,33,38)(H,36,37). The summed E-state index contributed by atoms with van der Waals surface area (Å²) in [5, 5.41) is 16.0. The number of fused-ring (bicyclic) bond motifs is 2. The average Bonchev–Trinajstić information content (AvgIpc) is 3.73. The number of thiophene rings is 1. The number of amides is 1. The number of pyridine rings is 2. The summed E-state index contributed by atoms with van der Waals surface area (Å²) in [6.07, 6.45) is 3.69. The van der Waals surface area contributed by atoms with Crippen molar-refractivity contribution in [3.8, 4) is 33.8 Å². The van der Waals surface area contributed by atoms with Gasteiger partial charge in [0.15, 0.2) is 0 Å². The quantitative estimate of drug-likeness (QED) is 0.216. The first-order valence-corrected chi connectivity index (χ1v) is 13.4. The van der Waals surface area contributed by atoms with E-state index in [-0.39, 0.29) is 5.91 Å². The van der Waals surface area contributed by atoms with Crippen molar-refractivity contribution in [3.63, 3.8) is 0 Å². The summed E-state index contributed by atoms with van der Waals surface area (Å²) in [4.78, 5) is 25.4. The molecule has 0 bridgehead atoms. The van der Waals surface area contributed by atoms with E-state index in [0.717, 1.165) is 50.1 Å². The number of hydrogen-bond donors (Lipinski definition) is 3. The lowest BCUT2D eigenvalue weighted by Crippen LogP contribution is -2.14. The van der Waals surface area contributed by atoms with Crippen LogP contribution in [0.25, 0.3) is 55.7 Å². The first kappa shape index (κ1) is 23.1. The molecule has 2 aromatic carbocycles. The number of carbonyl (C=O) groups excluding carboxylic acids is 1. The Bertz CT molecular complexity index is 1940. The zero-order valence-electron chi connectivity index (χ0n) is 20.7. The smallest absolute Gasteiger partial charge is 0.228 e. The maximum atomic E-state index is 12.6. The van der Waals surface area contributed by atoms with Gasteiger partial charge < -0.3 is 10.3 Å². The summed E-state index contributed by atoms with van der Waals surface area (Å²) in [5.74, 6) is -0.0960. The second-order valence-electron chi connectivity index (χ2n) is 9.30. The number of nitrogens with zero attached hydrogens (tertiary/aromatic N) is 3. The first-order valence-electron chi connectivity index (χ1n) is 12.5. The van der Waals surface area contributed by atoms with Crippen molar-refractivity contribution in [2.24, 2.45) is 0 Å². The van der Waals surface area contributed by atoms with E-state index in [4.69, 9.17) is 4.98 Å². The number of carbonyl (C=O) groups is 1. The summed E-state index contributed by atoms with van der Waals surface area (Å²) in [5.41, 5.74) is 9.80. The second-order valence-corrected chi connectivity index (χ2v) is 10.1. The summed E-state index contributed by atoms with van der Waals surface area (Å²) in [7, 11) is 0. The predicted octanol–water partition coefficient (Wildman–Crippen LogP) is 7.08. The molecule has 0 aliphatic heterocycles. The van der Waals surface area contributed by atoms with Crippen LogP contribution in [-0.2, 0) is 11.2 Å². The fraction of sp³-hybridized carbons (Fsp3) is 0.0323. The molecular formula is C31H22N6OS. The minimum atomic E-state index is -0.0960. The Morgan fingerprint density at radius 2 is 1.82 bits per heavy atom. The highest BCUT2D eigenvalue weighted by Crippen LogP contribution is 2.35. The molecule has 0 aliphatic rings. The molecule has 0 radical (unpaired) electrons. The predicted molar refractivity (Wildman–Crippen MR) is 157 cm³/mol. The molecule has 0 spiro atoms. The Labute approximate surface area is 227 Å². The number of anilines is 1. The largest absolute Gasteiger partial charge is 0.353 e. The molecule has 0 saturated heterocycles. The third kappa shape index (κ3) is 4.47. The van der Waals surface area contributed by atoms with Crippen LogP contribution in [0.4, 0.5) is 5.69 Å². The van der Waals surface area contributed by atoms with Gasteiger partial charge in [-0.25, -0.2) is 4.98 Å². The highest BCUT2D eigenvalue weighted by molar-refractivity contribution is 7.08. The van der Waals surface area contributed by atoms with E-state index in [2.05, 4.69) is 66.6 Å². The fourth-order valence-corrected chi connectivity index (χ4v) is 5.49. The minimum absolute atomic E-state index is 0.0960. The second kappa shape index (κ2) is 9.66. The third-order valence-electron chi connectivity index (χ3n) is 6.68. The SMILES string of the molecule is O=C(Cc1ccccc1)Nc1cncc(-c2ccc3[nH]nc(-c4cc5c(-c6ccsc6)cccc5[nH]4)c3n2)c1. The molecule has 0 atom stereocenters. The third-order valence-corrected chi connectivity index (χ3v) is 7.37. The maximum Gasteiger partial charge on any atom is 0.228 e.